The van der Waals surface area contributed by atoms with Crippen LogP contribution < -0.4 is 4.74 Å². The van der Waals surface area contributed by atoms with Crippen molar-refractivity contribution in [3.63, 3.8) is 0 Å². The predicted octanol–water partition coefficient (Wildman–Crippen LogP) is 4.73. The third-order valence-electron chi connectivity index (χ3n) is 4.44. The highest BCUT2D eigenvalue weighted by Gasteiger charge is 2.27. The molecular weight excluding hydrogens is 370 g/mol. The SMILES string of the molecule is COC(=O)c1c(C)nc(C)c(C(=O)OC)c1-c1cccc(Oc2ccccc2)c1. The van der Waals surface area contributed by atoms with E-state index >= 15 is 0 Å². The summed E-state index contributed by atoms with van der Waals surface area (Å²) in [6.45, 7) is 3.41. The quantitative estimate of drug-likeness (QED) is 0.585. The molecule has 0 aliphatic heterocycles. The Morgan fingerprint density at radius 1 is 0.759 bits per heavy atom. The lowest BCUT2D eigenvalue weighted by Gasteiger charge is -2.17. The van der Waals surface area contributed by atoms with Gasteiger partial charge in [-0.1, -0.05) is 30.3 Å². The summed E-state index contributed by atoms with van der Waals surface area (Å²) in [6.07, 6.45) is 0. The average Bonchev–Trinajstić information content (AvgIpc) is 2.73. The molecule has 2 aromatic carbocycles. The fourth-order valence-corrected chi connectivity index (χ4v) is 3.18. The molecule has 0 radical (unpaired) electrons. The van der Waals surface area contributed by atoms with Crippen LogP contribution in [0.15, 0.2) is 54.6 Å². The van der Waals surface area contributed by atoms with Crippen molar-refractivity contribution < 1.29 is 23.8 Å². The summed E-state index contributed by atoms with van der Waals surface area (Å²) < 4.78 is 15.8. The van der Waals surface area contributed by atoms with E-state index in [0.29, 0.717) is 34.0 Å². The van der Waals surface area contributed by atoms with Gasteiger partial charge in [-0.05, 0) is 43.7 Å². The van der Waals surface area contributed by atoms with Crippen LogP contribution in [-0.4, -0.2) is 31.1 Å². The molecule has 6 heteroatoms. The van der Waals surface area contributed by atoms with E-state index in [2.05, 4.69) is 4.98 Å². The van der Waals surface area contributed by atoms with Crippen molar-refractivity contribution in [2.45, 2.75) is 13.8 Å². The second kappa shape index (κ2) is 8.56. The summed E-state index contributed by atoms with van der Waals surface area (Å²) in [5.41, 5.74) is 2.39. The zero-order valence-electron chi connectivity index (χ0n) is 16.7. The summed E-state index contributed by atoms with van der Waals surface area (Å²) >= 11 is 0. The third kappa shape index (κ3) is 4.11. The fourth-order valence-electron chi connectivity index (χ4n) is 3.18. The number of benzene rings is 2. The van der Waals surface area contributed by atoms with Gasteiger partial charge in [-0.25, -0.2) is 9.59 Å². The first-order chi connectivity index (χ1) is 14.0. The molecule has 148 valence electrons. The third-order valence-corrected chi connectivity index (χ3v) is 4.44. The van der Waals surface area contributed by atoms with Gasteiger partial charge in [0.25, 0.3) is 0 Å². The summed E-state index contributed by atoms with van der Waals surface area (Å²) in [7, 11) is 2.58. The molecule has 0 saturated heterocycles. The number of hydrogen-bond donors (Lipinski definition) is 0. The van der Waals surface area contributed by atoms with Crippen molar-refractivity contribution in [1.29, 1.82) is 0 Å². The minimum atomic E-state index is -0.579. The highest BCUT2D eigenvalue weighted by Crippen LogP contribution is 2.35. The molecule has 0 saturated carbocycles. The molecule has 0 unspecified atom stereocenters. The molecule has 0 aliphatic carbocycles. The van der Waals surface area contributed by atoms with Gasteiger partial charge in [0.05, 0.1) is 36.7 Å². The number of carbonyl (C=O) groups excluding carboxylic acids is 2. The number of aromatic nitrogens is 1. The normalized spacial score (nSPS) is 10.3. The van der Waals surface area contributed by atoms with Gasteiger partial charge in [0, 0.05) is 5.56 Å². The summed E-state index contributed by atoms with van der Waals surface area (Å²) in [6, 6.07) is 16.5. The van der Waals surface area contributed by atoms with Gasteiger partial charge in [-0.15, -0.1) is 0 Å². The number of ether oxygens (including phenoxy) is 3. The summed E-state index contributed by atoms with van der Waals surface area (Å²) in [4.78, 5) is 29.4. The van der Waals surface area contributed by atoms with Crippen LogP contribution in [0.4, 0.5) is 0 Å². The van der Waals surface area contributed by atoms with E-state index in [1.165, 1.54) is 14.2 Å². The lowest BCUT2D eigenvalue weighted by molar-refractivity contribution is 0.0599. The molecule has 0 aliphatic rings. The van der Waals surface area contributed by atoms with E-state index in [9.17, 15) is 9.59 Å². The van der Waals surface area contributed by atoms with Crippen molar-refractivity contribution in [1.82, 2.24) is 4.98 Å². The van der Waals surface area contributed by atoms with Crippen LogP contribution in [0, 0.1) is 13.8 Å². The average molecular weight is 391 g/mol. The van der Waals surface area contributed by atoms with Gasteiger partial charge in [-0.3, -0.25) is 4.98 Å². The van der Waals surface area contributed by atoms with Gasteiger partial charge in [0.2, 0.25) is 0 Å². The standard InChI is InChI=1S/C23H21NO5/c1-14-19(22(25)27-3)21(20(15(2)24-14)23(26)28-4)16-9-8-12-18(13-16)29-17-10-6-5-7-11-17/h5-13H,1-4H3. The number of carbonyl (C=O) groups is 2. The molecule has 0 amide bonds. The lowest BCUT2D eigenvalue weighted by atomic mass is 9.92. The summed E-state index contributed by atoms with van der Waals surface area (Å²) in [5.74, 6) is 0.0784. The highest BCUT2D eigenvalue weighted by atomic mass is 16.5. The number of aryl methyl sites for hydroxylation is 2. The molecule has 1 aromatic heterocycles. The molecule has 6 nitrogen and oxygen atoms in total. The Labute approximate surface area is 169 Å². The predicted molar refractivity (Wildman–Crippen MR) is 108 cm³/mol. The minimum Gasteiger partial charge on any atom is -0.465 e. The van der Waals surface area contributed by atoms with Gasteiger partial charge >= 0.3 is 11.9 Å². The van der Waals surface area contributed by atoms with Crippen molar-refractivity contribution in [3.8, 4) is 22.6 Å². The van der Waals surface area contributed by atoms with Crippen molar-refractivity contribution in [2.24, 2.45) is 0 Å². The van der Waals surface area contributed by atoms with Crippen LogP contribution in [0.3, 0.4) is 0 Å². The Kier molecular flexibility index (Phi) is 5.93. The lowest BCUT2D eigenvalue weighted by Crippen LogP contribution is -2.16. The molecule has 0 bridgehead atoms. The Morgan fingerprint density at radius 3 is 1.86 bits per heavy atom. The Hall–Kier alpha value is -3.67. The molecule has 3 rings (SSSR count). The maximum absolute atomic E-state index is 12.5. The van der Waals surface area contributed by atoms with Crippen LogP contribution in [0.25, 0.3) is 11.1 Å². The second-order valence-electron chi connectivity index (χ2n) is 6.33. The maximum atomic E-state index is 12.5. The number of hydrogen-bond acceptors (Lipinski definition) is 6. The van der Waals surface area contributed by atoms with Crippen LogP contribution in [0.5, 0.6) is 11.5 Å². The van der Waals surface area contributed by atoms with Gasteiger partial charge < -0.3 is 14.2 Å². The molecule has 0 N–H and O–H groups in total. The van der Waals surface area contributed by atoms with Crippen molar-refractivity contribution >= 4 is 11.9 Å². The summed E-state index contributed by atoms with van der Waals surface area (Å²) in [5, 5.41) is 0. The number of pyridine rings is 1. The van der Waals surface area contributed by atoms with Crippen LogP contribution in [0.2, 0.25) is 0 Å². The first-order valence-corrected chi connectivity index (χ1v) is 8.97. The Balaban J connectivity index is 2.22. The molecule has 0 atom stereocenters. The van der Waals surface area contributed by atoms with E-state index in [-0.39, 0.29) is 11.1 Å². The Morgan fingerprint density at radius 2 is 1.31 bits per heavy atom. The molecule has 3 aromatic rings. The van der Waals surface area contributed by atoms with Gasteiger partial charge in [-0.2, -0.15) is 0 Å². The molecule has 0 fully saturated rings. The molecule has 29 heavy (non-hydrogen) atoms. The van der Waals surface area contributed by atoms with E-state index < -0.39 is 11.9 Å². The number of rotatable bonds is 5. The first-order valence-electron chi connectivity index (χ1n) is 8.97. The number of para-hydroxylation sites is 1. The maximum Gasteiger partial charge on any atom is 0.340 e. The monoisotopic (exact) mass is 391 g/mol. The zero-order valence-corrected chi connectivity index (χ0v) is 16.7. The van der Waals surface area contributed by atoms with E-state index in [1.807, 2.05) is 30.3 Å². The van der Waals surface area contributed by atoms with E-state index in [4.69, 9.17) is 14.2 Å². The number of nitrogens with zero attached hydrogens (tertiary/aromatic N) is 1. The smallest absolute Gasteiger partial charge is 0.340 e. The first kappa shape index (κ1) is 20.1. The zero-order chi connectivity index (χ0) is 21.0. The number of methoxy groups -OCH3 is 2. The van der Waals surface area contributed by atoms with Crippen LogP contribution >= 0.6 is 0 Å². The molecule has 1 heterocycles. The van der Waals surface area contributed by atoms with Gasteiger partial charge in [0.15, 0.2) is 0 Å². The second-order valence-corrected chi connectivity index (χ2v) is 6.33. The van der Waals surface area contributed by atoms with Crippen molar-refractivity contribution in [2.75, 3.05) is 14.2 Å². The minimum absolute atomic E-state index is 0.218. The van der Waals surface area contributed by atoms with Crippen LogP contribution in [-0.2, 0) is 9.47 Å². The van der Waals surface area contributed by atoms with E-state index in [1.54, 1.807) is 38.1 Å². The van der Waals surface area contributed by atoms with Crippen molar-refractivity contribution in [3.05, 3.63) is 77.1 Å². The fraction of sp³-hybridized carbons (Fsp3) is 0.174. The largest absolute Gasteiger partial charge is 0.465 e. The van der Waals surface area contributed by atoms with E-state index in [0.717, 1.165) is 0 Å². The highest BCUT2D eigenvalue weighted by molar-refractivity contribution is 6.07. The van der Waals surface area contributed by atoms with Gasteiger partial charge in [0.1, 0.15) is 11.5 Å². The molecule has 0 spiro atoms. The number of esters is 2. The Bertz CT molecular complexity index is 1020. The van der Waals surface area contributed by atoms with Crippen LogP contribution in [0.1, 0.15) is 32.1 Å². The molecular formula is C23H21NO5. The topological polar surface area (TPSA) is 74.7 Å².